The van der Waals surface area contributed by atoms with E-state index in [-0.39, 0.29) is 5.41 Å². The fourth-order valence-electron chi connectivity index (χ4n) is 2.60. The predicted molar refractivity (Wildman–Crippen MR) is 62.2 cm³/mol. The van der Waals surface area contributed by atoms with Crippen LogP contribution >= 0.6 is 0 Å². The summed E-state index contributed by atoms with van der Waals surface area (Å²) in [5, 5.41) is 3.30. The van der Waals surface area contributed by atoms with E-state index in [9.17, 15) is 4.79 Å². The molecule has 1 aliphatic carbocycles. The minimum absolute atomic E-state index is 0.0141. The topological polar surface area (TPSA) is 35.6 Å². The van der Waals surface area contributed by atoms with E-state index in [1.165, 1.54) is 0 Å². The third kappa shape index (κ3) is 1.74. The fraction of sp³-hybridized carbons (Fsp3) is 0.917. The summed E-state index contributed by atoms with van der Waals surface area (Å²) in [6, 6.07) is 0.730. The van der Waals surface area contributed by atoms with Crippen molar-refractivity contribution in [2.45, 2.75) is 25.8 Å². The Morgan fingerprint density at radius 1 is 1.19 bits per heavy atom. The first-order valence-corrected chi connectivity index (χ1v) is 6.43. The number of amides is 1. The number of nitrogens with zero attached hydrogens (tertiary/aromatic N) is 2. The highest BCUT2D eigenvalue weighted by molar-refractivity contribution is 5.85. The lowest BCUT2D eigenvalue weighted by Crippen LogP contribution is -2.62. The number of hydrogen-bond acceptors (Lipinski definition) is 3. The summed E-state index contributed by atoms with van der Waals surface area (Å²) in [4.78, 5) is 16.7. The van der Waals surface area contributed by atoms with Crippen molar-refractivity contribution in [2.75, 3.05) is 39.3 Å². The van der Waals surface area contributed by atoms with E-state index in [0.29, 0.717) is 5.91 Å². The molecule has 3 aliphatic rings. The second kappa shape index (κ2) is 3.70. The molecule has 4 heteroatoms. The first-order valence-electron chi connectivity index (χ1n) is 6.43. The van der Waals surface area contributed by atoms with Crippen molar-refractivity contribution in [3.63, 3.8) is 0 Å². The van der Waals surface area contributed by atoms with Gasteiger partial charge in [0, 0.05) is 50.7 Å². The molecule has 2 aliphatic heterocycles. The molecule has 0 aromatic heterocycles. The van der Waals surface area contributed by atoms with E-state index in [1.807, 2.05) is 0 Å². The average Bonchev–Trinajstić information content (AvgIpc) is 2.96. The zero-order valence-electron chi connectivity index (χ0n) is 10.0. The SMILES string of the molecule is CC1(C(=O)N2CCN(C3CNC3)CC2)CC1. The smallest absolute Gasteiger partial charge is 0.228 e. The van der Waals surface area contributed by atoms with Crippen molar-refractivity contribution in [3.8, 4) is 0 Å². The van der Waals surface area contributed by atoms with Gasteiger partial charge in [-0.05, 0) is 12.8 Å². The quantitative estimate of drug-likeness (QED) is 0.710. The summed E-state index contributed by atoms with van der Waals surface area (Å²) in [5.41, 5.74) is 0.0141. The molecule has 1 N–H and O–H groups in total. The summed E-state index contributed by atoms with van der Waals surface area (Å²) in [5.74, 6) is 0.402. The Morgan fingerprint density at radius 3 is 2.25 bits per heavy atom. The Kier molecular flexibility index (Phi) is 2.44. The zero-order valence-corrected chi connectivity index (χ0v) is 10.0. The van der Waals surface area contributed by atoms with Gasteiger partial charge >= 0.3 is 0 Å². The van der Waals surface area contributed by atoms with Gasteiger partial charge in [-0.15, -0.1) is 0 Å². The standard InChI is InChI=1S/C12H21N3O/c1-12(2-3-12)11(16)15-6-4-14(5-7-15)10-8-13-9-10/h10,13H,2-9H2,1H3. The third-order valence-corrected chi connectivity index (χ3v) is 4.39. The molecule has 3 rings (SSSR count). The second-order valence-corrected chi connectivity index (χ2v) is 5.70. The maximum atomic E-state index is 12.1. The van der Waals surface area contributed by atoms with E-state index in [1.54, 1.807) is 0 Å². The van der Waals surface area contributed by atoms with Crippen LogP contribution in [0.4, 0.5) is 0 Å². The number of piperazine rings is 1. The van der Waals surface area contributed by atoms with Crippen LogP contribution in [0.15, 0.2) is 0 Å². The molecule has 0 aromatic rings. The maximum Gasteiger partial charge on any atom is 0.228 e. The first kappa shape index (κ1) is 10.5. The molecule has 3 fully saturated rings. The van der Waals surface area contributed by atoms with E-state index < -0.39 is 0 Å². The van der Waals surface area contributed by atoms with Crippen LogP contribution in [0.2, 0.25) is 0 Å². The van der Waals surface area contributed by atoms with Crippen LogP contribution in [0.5, 0.6) is 0 Å². The second-order valence-electron chi connectivity index (χ2n) is 5.70. The molecule has 0 spiro atoms. The lowest BCUT2D eigenvalue weighted by atomic mass is 10.1. The first-order chi connectivity index (χ1) is 7.69. The normalized spacial score (nSPS) is 29.9. The molecule has 0 atom stereocenters. The lowest BCUT2D eigenvalue weighted by molar-refractivity contribution is -0.138. The van der Waals surface area contributed by atoms with E-state index >= 15 is 0 Å². The van der Waals surface area contributed by atoms with Crippen molar-refractivity contribution in [3.05, 3.63) is 0 Å². The van der Waals surface area contributed by atoms with Crippen LogP contribution in [0, 0.1) is 5.41 Å². The third-order valence-electron chi connectivity index (χ3n) is 4.39. The van der Waals surface area contributed by atoms with Gasteiger partial charge in [-0.1, -0.05) is 6.92 Å². The molecule has 16 heavy (non-hydrogen) atoms. The van der Waals surface area contributed by atoms with Gasteiger partial charge in [0.05, 0.1) is 0 Å². The van der Waals surface area contributed by atoms with Crippen molar-refractivity contribution < 1.29 is 4.79 Å². The number of nitrogens with one attached hydrogen (secondary N) is 1. The molecule has 90 valence electrons. The van der Waals surface area contributed by atoms with Gasteiger partial charge in [-0.2, -0.15) is 0 Å². The monoisotopic (exact) mass is 223 g/mol. The van der Waals surface area contributed by atoms with Crippen LogP contribution in [-0.2, 0) is 4.79 Å². The van der Waals surface area contributed by atoms with Crippen LogP contribution in [-0.4, -0.2) is 61.0 Å². The number of carbonyl (C=O) groups is 1. The van der Waals surface area contributed by atoms with Gasteiger partial charge in [0.2, 0.25) is 5.91 Å². The maximum absolute atomic E-state index is 12.1. The summed E-state index contributed by atoms with van der Waals surface area (Å²) in [7, 11) is 0. The van der Waals surface area contributed by atoms with Crippen molar-refractivity contribution in [2.24, 2.45) is 5.41 Å². The Bertz CT molecular complexity index is 289. The number of carbonyl (C=O) groups excluding carboxylic acids is 1. The minimum atomic E-state index is 0.0141. The number of hydrogen-bond donors (Lipinski definition) is 1. The largest absolute Gasteiger partial charge is 0.340 e. The van der Waals surface area contributed by atoms with E-state index in [0.717, 1.165) is 58.2 Å². The van der Waals surface area contributed by atoms with Gasteiger partial charge in [-0.3, -0.25) is 9.69 Å². The van der Waals surface area contributed by atoms with Gasteiger partial charge in [0.25, 0.3) is 0 Å². The Morgan fingerprint density at radius 2 is 1.81 bits per heavy atom. The molecule has 0 radical (unpaired) electrons. The number of rotatable bonds is 2. The molecule has 0 unspecified atom stereocenters. The predicted octanol–water partition coefficient (Wildman–Crippen LogP) is -0.0975. The van der Waals surface area contributed by atoms with Crippen LogP contribution < -0.4 is 5.32 Å². The summed E-state index contributed by atoms with van der Waals surface area (Å²) in [6.07, 6.45) is 2.19. The molecule has 2 saturated heterocycles. The molecular formula is C12H21N3O. The highest BCUT2D eigenvalue weighted by Crippen LogP contribution is 2.46. The summed E-state index contributed by atoms with van der Waals surface area (Å²) >= 11 is 0. The van der Waals surface area contributed by atoms with Crippen LogP contribution in [0.3, 0.4) is 0 Å². The summed E-state index contributed by atoms with van der Waals surface area (Å²) < 4.78 is 0. The van der Waals surface area contributed by atoms with Gasteiger partial charge in [0.15, 0.2) is 0 Å². The van der Waals surface area contributed by atoms with Gasteiger partial charge in [0.1, 0.15) is 0 Å². The van der Waals surface area contributed by atoms with Crippen molar-refractivity contribution in [1.29, 1.82) is 0 Å². The molecule has 4 nitrogen and oxygen atoms in total. The van der Waals surface area contributed by atoms with Crippen molar-refractivity contribution in [1.82, 2.24) is 15.1 Å². The molecule has 2 heterocycles. The van der Waals surface area contributed by atoms with Crippen LogP contribution in [0.1, 0.15) is 19.8 Å². The molecular weight excluding hydrogens is 202 g/mol. The summed E-state index contributed by atoms with van der Waals surface area (Å²) in [6.45, 7) is 8.37. The Hall–Kier alpha value is -0.610. The van der Waals surface area contributed by atoms with Gasteiger partial charge < -0.3 is 10.2 Å². The average molecular weight is 223 g/mol. The fourth-order valence-corrected chi connectivity index (χ4v) is 2.60. The molecule has 1 amide bonds. The van der Waals surface area contributed by atoms with Crippen LogP contribution in [0.25, 0.3) is 0 Å². The zero-order chi connectivity index (χ0) is 11.2. The molecule has 1 saturated carbocycles. The molecule has 0 aromatic carbocycles. The molecule has 0 bridgehead atoms. The lowest BCUT2D eigenvalue weighted by Gasteiger charge is -2.43. The van der Waals surface area contributed by atoms with Crippen molar-refractivity contribution >= 4 is 5.91 Å². The van der Waals surface area contributed by atoms with E-state index in [4.69, 9.17) is 0 Å². The Labute approximate surface area is 97.0 Å². The Balaban J connectivity index is 1.52. The highest BCUT2D eigenvalue weighted by Gasteiger charge is 2.47. The highest BCUT2D eigenvalue weighted by atomic mass is 16.2. The van der Waals surface area contributed by atoms with E-state index in [2.05, 4.69) is 22.0 Å². The minimum Gasteiger partial charge on any atom is -0.340 e. The van der Waals surface area contributed by atoms with Gasteiger partial charge in [-0.25, -0.2) is 0 Å².